The Balaban J connectivity index is 2.80. The van der Waals surface area contributed by atoms with E-state index in [4.69, 9.17) is 23.7 Å². The molecule has 1 heterocycles. The van der Waals surface area contributed by atoms with Crippen LogP contribution in [0.25, 0.3) is 0 Å². The highest BCUT2D eigenvalue weighted by Crippen LogP contribution is 2.19. The number of amides is 1. The Morgan fingerprint density at radius 3 is 2.72 bits per heavy atom. The summed E-state index contributed by atoms with van der Waals surface area (Å²) in [6, 6.07) is 1.84. The fourth-order valence-corrected chi connectivity index (χ4v) is 1.87. The van der Waals surface area contributed by atoms with E-state index >= 15 is 0 Å². The molecule has 7 heteroatoms. The van der Waals surface area contributed by atoms with Gasteiger partial charge in [-0.25, -0.2) is 4.79 Å². The maximum atomic E-state index is 10.4. The fraction of sp³-hybridized carbons (Fsp3) is 0.364. The Bertz CT molecular complexity index is 476. The third-order valence-corrected chi connectivity index (χ3v) is 2.44. The molecule has 1 amide bonds. The van der Waals surface area contributed by atoms with Crippen LogP contribution in [0.15, 0.2) is 6.07 Å². The summed E-state index contributed by atoms with van der Waals surface area (Å²) in [6.45, 7) is 4.31. The first kappa shape index (κ1) is 14.2. The van der Waals surface area contributed by atoms with Gasteiger partial charge in [0.15, 0.2) is 0 Å². The highest BCUT2D eigenvalue weighted by atomic mass is 32.1. The Labute approximate surface area is 111 Å². The molecule has 18 heavy (non-hydrogen) atoms. The second-order valence-electron chi connectivity index (χ2n) is 3.73. The van der Waals surface area contributed by atoms with Crippen LogP contribution in [0.3, 0.4) is 0 Å². The molecule has 1 aromatic heterocycles. The van der Waals surface area contributed by atoms with E-state index in [0.29, 0.717) is 12.1 Å². The molecule has 0 fully saturated rings. The zero-order valence-corrected chi connectivity index (χ0v) is 11.1. The average molecular weight is 268 g/mol. The smallest absolute Gasteiger partial charge is 0.404 e. The van der Waals surface area contributed by atoms with Gasteiger partial charge in [0.2, 0.25) is 0 Å². The third-order valence-electron chi connectivity index (χ3n) is 2.24. The molecule has 1 aromatic rings. The van der Waals surface area contributed by atoms with Crippen molar-refractivity contribution in [3.63, 3.8) is 0 Å². The number of thiocarbonyl (C=S) groups is 1. The normalized spacial score (nSPS) is 9.89. The lowest BCUT2D eigenvalue weighted by atomic mass is 10.1. The fourth-order valence-electron chi connectivity index (χ4n) is 1.62. The number of nitrogens with one attached hydrogen (secondary N) is 1. The molecule has 0 atom stereocenters. The molecular formula is C11H16N4O2S. The topological polar surface area (TPSA) is 103 Å². The van der Waals surface area contributed by atoms with Crippen molar-refractivity contribution in [2.45, 2.75) is 13.8 Å². The lowest BCUT2D eigenvalue weighted by Gasteiger charge is -2.14. The van der Waals surface area contributed by atoms with Gasteiger partial charge in [-0.2, -0.15) is 0 Å². The molecule has 0 spiro atoms. The van der Waals surface area contributed by atoms with Crippen molar-refractivity contribution in [1.82, 2.24) is 4.98 Å². The van der Waals surface area contributed by atoms with Crippen molar-refractivity contribution >= 4 is 29.0 Å². The number of rotatable bonds is 5. The number of ether oxygens (including phenoxy) is 1. The van der Waals surface area contributed by atoms with Crippen LogP contribution in [0, 0.1) is 13.8 Å². The van der Waals surface area contributed by atoms with Gasteiger partial charge in [0.1, 0.15) is 11.6 Å². The SMILES string of the molecule is Cc1cc(NCCOC(N)=O)c(C(N)=S)c(C)n1. The van der Waals surface area contributed by atoms with Gasteiger partial charge >= 0.3 is 6.09 Å². The number of aromatic nitrogens is 1. The van der Waals surface area contributed by atoms with Crippen molar-refractivity contribution in [3.8, 4) is 0 Å². The minimum atomic E-state index is -0.798. The van der Waals surface area contributed by atoms with E-state index in [1.54, 1.807) is 0 Å². The van der Waals surface area contributed by atoms with Crippen LogP contribution in [0.2, 0.25) is 0 Å². The molecule has 98 valence electrons. The summed E-state index contributed by atoms with van der Waals surface area (Å²) < 4.78 is 4.62. The van der Waals surface area contributed by atoms with Gasteiger partial charge in [0.05, 0.1) is 5.56 Å². The minimum Gasteiger partial charge on any atom is -0.448 e. The van der Waals surface area contributed by atoms with Gasteiger partial charge in [-0.05, 0) is 19.9 Å². The number of hydrogen-bond acceptors (Lipinski definition) is 5. The van der Waals surface area contributed by atoms with E-state index in [0.717, 1.165) is 17.1 Å². The van der Waals surface area contributed by atoms with Gasteiger partial charge in [-0.15, -0.1) is 0 Å². The predicted molar refractivity (Wildman–Crippen MR) is 73.6 cm³/mol. The largest absolute Gasteiger partial charge is 0.448 e. The summed E-state index contributed by atoms with van der Waals surface area (Å²) in [6.07, 6.45) is -0.798. The number of carbonyl (C=O) groups excluding carboxylic acids is 1. The highest BCUT2D eigenvalue weighted by Gasteiger charge is 2.10. The molecule has 0 saturated heterocycles. The van der Waals surface area contributed by atoms with Crippen molar-refractivity contribution in [2.24, 2.45) is 11.5 Å². The number of nitrogens with zero attached hydrogens (tertiary/aromatic N) is 1. The standard InChI is InChI=1S/C11H16N4O2S/c1-6-5-8(14-3-4-17-11(13)16)9(10(12)18)7(2)15-6/h5H,3-4H2,1-2H3,(H2,12,18)(H2,13,16)(H,14,15). The summed E-state index contributed by atoms with van der Waals surface area (Å²) in [7, 11) is 0. The first-order valence-corrected chi connectivity index (χ1v) is 5.76. The molecular weight excluding hydrogens is 252 g/mol. The maximum absolute atomic E-state index is 10.4. The van der Waals surface area contributed by atoms with E-state index in [1.165, 1.54) is 0 Å². The van der Waals surface area contributed by atoms with Gasteiger partial charge in [0.25, 0.3) is 0 Å². The Kier molecular flexibility index (Phi) is 4.85. The number of pyridine rings is 1. The Morgan fingerprint density at radius 2 is 2.17 bits per heavy atom. The molecule has 0 bridgehead atoms. The van der Waals surface area contributed by atoms with Crippen LogP contribution >= 0.6 is 12.2 Å². The highest BCUT2D eigenvalue weighted by molar-refractivity contribution is 7.80. The van der Waals surface area contributed by atoms with Crippen LogP contribution in [0.1, 0.15) is 17.0 Å². The number of primary amides is 1. The molecule has 0 aliphatic heterocycles. The lowest BCUT2D eigenvalue weighted by molar-refractivity contribution is 0.161. The molecule has 5 N–H and O–H groups in total. The Morgan fingerprint density at radius 1 is 1.50 bits per heavy atom. The minimum absolute atomic E-state index is 0.173. The summed E-state index contributed by atoms with van der Waals surface area (Å²) in [5.74, 6) is 0. The van der Waals surface area contributed by atoms with Gasteiger partial charge in [0, 0.05) is 23.6 Å². The monoisotopic (exact) mass is 268 g/mol. The van der Waals surface area contributed by atoms with Gasteiger partial charge in [-0.1, -0.05) is 12.2 Å². The van der Waals surface area contributed by atoms with Crippen LogP contribution in [0.5, 0.6) is 0 Å². The Hall–Kier alpha value is -1.89. The van der Waals surface area contributed by atoms with Crippen molar-refractivity contribution in [2.75, 3.05) is 18.5 Å². The second kappa shape index (κ2) is 6.15. The van der Waals surface area contributed by atoms with Gasteiger partial charge in [-0.3, -0.25) is 4.98 Å². The van der Waals surface area contributed by atoms with Crippen molar-refractivity contribution in [1.29, 1.82) is 0 Å². The number of carbonyl (C=O) groups is 1. The average Bonchev–Trinajstić information content (AvgIpc) is 2.22. The first-order chi connectivity index (χ1) is 8.41. The summed E-state index contributed by atoms with van der Waals surface area (Å²) >= 11 is 4.99. The van der Waals surface area contributed by atoms with Crippen LogP contribution in [-0.2, 0) is 4.74 Å². The molecule has 0 aromatic carbocycles. The van der Waals surface area contributed by atoms with Crippen LogP contribution < -0.4 is 16.8 Å². The zero-order valence-electron chi connectivity index (χ0n) is 10.3. The van der Waals surface area contributed by atoms with Crippen LogP contribution in [-0.4, -0.2) is 29.2 Å². The predicted octanol–water partition coefficient (Wildman–Crippen LogP) is 0.840. The third kappa shape index (κ3) is 3.85. The van der Waals surface area contributed by atoms with E-state index < -0.39 is 6.09 Å². The van der Waals surface area contributed by atoms with E-state index in [2.05, 4.69) is 15.0 Å². The molecule has 0 radical (unpaired) electrons. The number of aryl methyl sites for hydroxylation is 2. The molecule has 0 aliphatic rings. The van der Waals surface area contributed by atoms with E-state index in [9.17, 15) is 4.79 Å². The maximum Gasteiger partial charge on any atom is 0.404 e. The summed E-state index contributed by atoms with van der Waals surface area (Å²) in [4.78, 5) is 15.0. The molecule has 6 nitrogen and oxygen atoms in total. The zero-order chi connectivity index (χ0) is 13.7. The summed E-state index contributed by atoms with van der Waals surface area (Å²) in [5.41, 5.74) is 13.6. The molecule has 0 aliphatic carbocycles. The van der Waals surface area contributed by atoms with Crippen molar-refractivity contribution < 1.29 is 9.53 Å². The number of anilines is 1. The molecule has 0 saturated carbocycles. The number of hydrogen-bond donors (Lipinski definition) is 3. The lowest BCUT2D eigenvalue weighted by Crippen LogP contribution is -2.21. The molecule has 1 rings (SSSR count). The van der Waals surface area contributed by atoms with Gasteiger partial charge < -0.3 is 21.5 Å². The van der Waals surface area contributed by atoms with E-state index in [-0.39, 0.29) is 11.6 Å². The first-order valence-electron chi connectivity index (χ1n) is 5.36. The number of nitrogens with two attached hydrogens (primary N) is 2. The molecule has 0 unspecified atom stereocenters. The quantitative estimate of drug-likeness (QED) is 0.540. The van der Waals surface area contributed by atoms with Crippen LogP contribution in [0.4, 0.5) is 10.5 Å². The summed E-state index contributed by atoms with van der Waals surface area (Å²) in [5, 5.41) is 3.09. The van der Waals surface area contributed by atoms with E-state index in [1.807, 2.05) is 19.9 Å². The van der Waals surface area contributed by atoms with Crippen molar-refractivity contribution in [3.05, 3.63) is 23.0 Å². The second-order valence-corrected chi connectivity index (χ2v) is 4.17.